The fourth-order valence-electron chi connectivity index (χ4n) is 2.79. The summed E-state index contributed by atoms with van der Waals surface area (Å²) in [6.07, 6.45) is 4.42. The Kier molecular flexibility index (Phi) is 4.53. The Morgan fingerprint density at radius 3 is 2.55 bits per heavy atom. The molecule has 0 aliphatic carbocycles. The van der Waals surface area contributed by atoms with E-state index in [0.717, 1.165) is 4.90 Å². The summed E-state index contributed by atoms with van der Waals surface area (Å²) in [5.41, 5.74) is 1.34. The standard InChI is InChI=1S/C18H15N5O5S/c19-29(26,27)14-4-1-11(2-5-14)16-6-3-13(28-16)7-15-17(24)23(18(25)22-15)9-12-8-20-10-21-12/h1-8,10H,9H2,(H,20,21)(H,22,25)(H2,19,26,27)/b15-7+. The number of benzene rings is 1. The zero-order valence-corrected chi connectivity index (χ0v) is 15.6. The number of nitrogens with one attached hydrogen (secondary N) is 2. The molecule has 4 N–H and O–H groups in total. The number of hydrogen-bond donors (Lipinski definition) is 3. The van der Waals surface area contributed by atoms with E-state index >= 15 is 0 Å². The molecule has 1 aromatic carbocycles. The maximum Gasteiger partial charge on any atom is 0.329 e. The molecule has 0 spiro atoms. The van der Waals surface area contributed by atoms with Crippen LogP contribution in [0.5, 0.6) is 0 Å². The number of sulfonamides is 1. The molecule has 1 aliphatic rings. The molecule has 3 aromatic rings. The molecule has 1 saturated heterocycles. The van der Waals surface area contributed by atoms with E-state index in [9.17, 15) is 18.0 Å². The first-order chi connectivity index (χ1) is 13.8. The quantitative estimate of drug-likeness (QED) is 0.425. The first kappa shape index (κ1) is 18.7. The third-order valence-corrected chi connectivity index (χ3v) is 5.16. The zero-order chi connectivity index (χ0) is 20.6. The van der Waals surface area contributed by atoms with Gasteiger partial charge in [0.15, 0.2) is 0 Å². The van der Waals surface area contributed by atoms with E-state index in [1.807, 2.05) is 0 Å². The van der Waals surface area contributed by atoms with Gasteiger partial charge in [0.1, 0.15) is 17.2 Å². The van der Waals surface area contributed by atoms with E-state index < -0.39 is 22.0 Å². The van der Waals surface area contributed by atoms with Crippen molar-refractivity contribution >= 4 is 28.0 Å². The van der Waals surface area contributed by atoms with Crippen molar-refractivity contribution in [2.24, 2.45) is 5.14 Å². The van der Waals surface area contributed by atoms with E-state index in [4.69, 9.17) is 9.56 Å². The summed E-state index contributed by atoms with van der Waals surface area (Å²) in [7, 11) is -3.78. The van der Waals surface area contributed by atoms with Gasteiger partial charge in [-0.25, -0.2) is 23.3 Å². The first-order valence-corrected chi connectivity index (χ1v) is 9.91. The van der Waals surface area contributed by atoms with Crippen LogP contribution in [0.1, 0.15) is 11.5 Å². The largest absolute Gasteiger partial charge is 0.457 e. The van der Waals surface area contributed by atoms with Gasteiger partial charge in [-0.1, -0.05) is 0 Å². The number of rotatable bonds is 5. The van der Waals surface area contributed by atoms with Crippen LogP contribution in [0.25, 0.3) is 17.4 Å². The molecular formula is C18H15N5O5S. The highest BCUT2D eigenvalue weighted by atomic mass is 32.2. The normalized spacial score (nSPS) is 15.9. The molecule has 0 bridgehead atoms. The maximum atomic E-state index is 12.5. The summed E-state index contributed by atoms with van der Waals surface area (Å²) >= 11 is 0. The fraction of sp³-hybridized carbons (Fsp3) is 0.0556. The molecule has 11 heteroatoms. The summed E-state index contributed by atoms with van der Waals surface area (Å²) in [6.45, 7) is 0.0712. The molecule has 10 nitrogen and oxygen atoms in total. The minimum Gasteiger partial charge on any atom is -0.457 e. The van der Waals surface area contributed by atoms with Crippen LogP contribution >= 0.6 is 0 Å². The summed E-state index contributed by atoms with van der Waals surface area (Å²) in [4.78, 5) is 32.3. The molecule has 1 aliphatic heterocycles. The van der Waals surface area contributed by atoms with Gasteiger partial charge in [0, 0.05) is 17.8 Å². The number of H-pyrrole nitrogens is 1. The van der Waals surface area contributed by atoms with E-state index in [0.29, 0.717) is 22.8 Å². The monoisotopic (exact) mass is 413 g/mol. The molecule has 148 valence electrons. The highest BCUT2D eigenvalue weighted by Crippen LogP contribution is 2.25. The number of hydrogen-bond acceptors (Lipinski definition) is 6. The molecule has 0 atom stereocenters. The van der Waals surface area contributed by atoms with Gasteiger partial charge in [-0.2, -0.15) is 0 Å². The molecule has 0 unspecified atom stereocenters. The van der Waals surface area contributed by atoms with E-state index in [1.54, 1.807) is 24.3 Å². The van der Waals surface area contributed by atoms with Crippen LogP contribution in [0.2, 0.25) is 0 Å². The number of aromatic amines is 1. The van der Waals surface area contributed by atoms with Crippen LogP contribution in [0.3, 0.4) is 0 Å². The number of primary sulfonamides is 1. The summed E-state index contributed by atoms with van der Waals surface area (Å²) in [6, 6.07) is 8.63. The molecule has 0 radical (unpaired) electrons. The highest BCUT2D eigenvalue weighted by molar-refractivity contribution is 7.89. The van der Waals surface area contributed by atoms with Gasteiger partial charge >= 0.3 is 6.03 Å². The number of furan rings is 1. The van der Waals surface area contributed by atoms with Crippen LogP contribution in [0, 0.1) is 0 Å². The zero-order valence-electron chi connectivity index (χ0n) is 14.8. The third kappa shape index (κ3) is 3.81. The Labute approximate surface area is 165 Å². The third-order valence-electron chi connectivity index (χ3n) is 4.23. The maximum absolute atomic E-state index is 12.5. The number of imidazole rings is 1. The summed E-state index contributed by atoms with van der Waals surface area (Å²) < 4.78 is 28.4. The highest BCUT2D eigenvalue weighted by Gasteiger charge is 2.34. The summed E-state index contributed by atoms with van der Waals surface area (Å²) in [5, 5.41) is 7.60. The van der Waals surface area contributed by atoms with Gasteiger partial charge in [0.25, 0.3) is 5.91 Å². The molecule has 0 saturated carbocycles. The molecule has 3 heterocycles. The Morgan fingerprint density at radius 2 is 1.90 bits per heavy atom. The Bertz CT molecular complexity index is 1210. The van der Waals surface area contributed by atoms with Crippen molar-refractivity contribution in [3.63, 3.8) is 0 Å². The van der Waals surface area contributed by atoms with E-state index in [2.05, 4.69) is 15.3 Å². The molecule has 3 amide bonds. The van der Waals surface area contributed by atoms with Crippen molar-refractivity contribution in [1.82, 2.24) is 20.2 Å². The van der Waals surface area contributed by atoms with Gasteiger partial charge in [-0.05, 0) is 36.4 Å². The van der Waals surface area contributed by atoms with Crippen LogP contribution in [0.4, 0.5) is 4.79 Å². The second-order valence-corrected chi connectivity index (χ2v) is 7.79. The lowest BCUT2D eigenvalue weighted by molar-refractivity contribution is -0.123. The molecule has 2 aromatic heterocycles. The number of urea groups is 1. The lowest BCUT2D eigenvalue weighted by atomic mass is 10.2. The van der Waals surface area contributed by atoms with Crippen molar-refractivity contribution in [3.8, 4) is 11.3 Å². The fourth-order valence-corrected chi connectivity index (χ4v) is 3.31. The lowest BCUT2D eigenvalue weighted by Gasteiger charge is -2.09. The van der Waals surface area contributed by atoms with Gasteiger partial charge in [0.05, 0.1) is 23.5 Å². The van der Waals surface area contributed by atoms with Crippen LogP contribution in [-0.4, -0.2) is 35.2 Å². The number of amides is 3. The average Bonchev–Trinajstić information content (AvgIpc) is 3.40. The van der Waals surface area contributed by atoms with Crippen molar-refractivity contribution in [2.75, 3.05) is 0 Å². The smallest absolute Gasteiger partial charge is 0.329 e. The molecule has 1 fully saturated rings. The second-order valence-electron chi connectivity index (χ2n) is 6.23. The average molecular weight is 413 g/mol. The van der Waals surface area contributed by atoms with E-state index in [1.165, 1.54) is 30.7 Å². The SMILES string of the molecule is NS(=O)(=O)c1ccc(-c2ccc(/C=C3/NC(=O)N(Cc4cnc[nH]4)C3=O)o2)cc1. The predicted octanol–water partition coefficient (Wildman–Crippen LogP) is 1.41. The van der Waals surface area contributed by atoms with Gasteiger partial charge in [0.2, 0.25) is 10.0 Å². The van der Waals surface area contributed by atoms with Crippen molar-refractivity contribution in [1.29, 1.82) is 0 Å². The van der Waals surface area contributed by atoms with Crippen LogP contribution in [0.15, 0.2) is 63.9 Å². The van der Waals surface area contributed by atoms with Crippen molar-refractivity contribution in [2.45, 2.75) is 11.4 Å². The van der Waals surface area contributed by atoms with Crippen molar-refractivity contribution < 1.29 is 22.4 Å². The minimum atomic E-state index is -3.78. The number of carbonyl (C=O) groups excluding carboxylic acids is 2. The van der Waals surface area contributed by atoms with E-state index in [-0.39, 0.29) is 17.1 Å². The van der Waals surface area contributed by atoms with Gasteiger partial charge < -0.3 is 14.7 Å². The first-order valence-electron chi connectivity index (χ1n) is 8.36. The number of aromatic nitrogens is 2. The Balaban J connectivity index is 1.53. The van der Waals surface area contributed by atoms with Crippen molar-refractivity contribution in [3.05, 3.63) is 66.1 Å². The predicted molar refractivity (Wildman–Crippen MR) is 101 cm³/mol. The molecular weight excluding hydrogens is 398 g/mol. The number of carbonyl (C=O) groups is 2. The minimum absolute atomic E-state index is 0.00762. The topological polar surface area (TPSA) is 151 Å². The van der Waals surface area contributed by atoms with Crippen LogP contribution < -0.4 is 10.5 Å². The second kappa shape index (κ2) is 7.04. The molecule has 4 rings (SSSR count). The lowest BCUT2D eigenvalue weighted by Crippen LogP contribution is -2.30. The Hall–Kier alpha value is -3.70. The number of imide groups is 1. The van der Waals surface area contributed by atoms with Gasteiger partial charge in [-0.3, -0.25) is 9.69 Å². The van der Waals surface area contributed by atoms with Crippen LogP contribution in [-0.2, 0) is 21.4 Å². The van der Waals surface area contributed by atoms with Gasteiger partial charge in [-0.15, -0.1) is 0 Å². The summed E-state index contributed by atoms with van der Waals surface area (Å²) in [5.74, 6) is 0.325. The Morgan fingerprint density at radius 1 is 1.14 bits per heavy atom. The number of nitrogens with zero attached hydrogens (tertiary/aromatic N) is 2. The molecule has 29 heavy (non-hydrogen) atoms. The number of nitrogens with two attached hydrogens (primary N) is 1.